The number of aromatic hydroxyl groups is 1. The topological polar surface area (TPSA) is 53.2 Å². The molecular weight excluding hydrogens is 173 g/mol. The van der Waals surface area contributed by atoms with Crippen molar-refractivity contribution in [2.75, 3.05) is 7.11 Å². The van der Waals surface area contributed by atoms with Crippen LogP contribution in [0.15, 0.2) is 12.1 Å². The minimum Gasteiger partial charge on any atom is -0.504 e. The standard InChI is InChI=1S/C9H8FNO2/c1-13-9-5-7(10)6(2-3-11)4-8(9)12/h4-5,12H,2H2,1H3. The highest BCUT2D eigenvalue weighted by molar-refractivity contribution is 5.43. The zero-order chi connectivity index (χ0) is 9.84. The number of benzene rings is 1. The Balaban J connectivity index is 3.14. The quantitative estimate of drug-likeness (QED) is 0.754. The first kappa shape index (κ1) is 9.33. The molecule has 0 bridgehead atoms. The Bertz CT molecular complexity index is 357. The molecule has 3 nitrogen and oxygen atoms in total. The number of rotatable bonds is 2. The van der Waals surface area contributed by atoms with Crippen molar-refractivity contribution in [1.82, 2.24) is 0 Å². The van der Waals surface area contributed by atoms with Gasteiger partial charge < -0.3 is 9.84 Å². The molecule has 13 heavy (non-hydrogen) atoms. The second-order valence-corrected chi connectivity index (χ2v) is 2.45. The number of hydrogen-bond donors (Lipinski definition) is 1. The van der Waals surface area contributed by atoms with E-state index in [1.54, 1.807) is 6.07 Å². The largest absolute Gasteiger partial charge is 0.504 e. The van der Waals surface area contributed by atoms with Crippen molar-refractivity contribution in [3.05, 3.63) is 23.5 Å². The van der Waals surface area contributed by atoms with Crippen LogP contribution in [0.3, 0.4) is 0 Å². The van der Waals surface area contributed by atoms with Gasteiger partial charge in [0.05, 0.1) is 19.6 Å². The van der Waals surface area contributed by atoms with Crippen LogP contribution in [0.25, 0.3) is 0 Å². The average molecular weight is 181 g/mol. The van der Waals surface area contributed by atoms with E-state index < -0.39 is 5.82 Å². The van der Waals surface area contributed by atoms with E-state index in [9.17, 15) is 9.50 Å². The van der Waals surface area contributed by atoms with Gasteiger partial charge >= 0.3 is 0 Å². The summed E-state index contributed by atoms with van der Waals surface area (Å²) in [4.78, 5) is 0. The van der Waals surface area contributed by atoms with Crippen molar-refractivity contribution in [2.24, 2.45) is 0 Å². The monoisotopic (exact) mass is 181 g/mol. The third kappa shape index (κ3) is 1.88. The number of phenolic OH excluding ortho intramolecular Hbond substituents is 1. The normalized spacial score (nSPS) is 9.31. The smallest absolute Gasteiger partial charge is 0.163 e. The van der Waals surface area contributed by atoms with Crippen molar-refractivity contribution in [1.29, 1.82) is 5.26 Å². The van der Waals surface area contributed by atoms with Gasteiger partial charge in [-0.05, 0) is 6.07 Å². The van der Waals surface area contributed by atoms with Gasteiger partial charge in [0.15, 0.2) is 11.5 Å². The Morgan fingerprint density at radius 1 is 1.62 bits per heavy atom. The Hall–Kier alpha value is -1.76. The summed E-state index contributed by atoms with van der Waals surface area (Å²) in [5, 5.41) is 17.6. The number of nitriles is 1. The SMILES string of the molecule is COc1cc(F)c(CC#N)cc1O. The molecule has 0 unspecified atom stereocenters. The van der Waals surface area contributed by atoms with Crippen LogP contribution >= 0.6 is 0 Å². The molecule has 0 atom stereocenters. The molecule has 1 aromatic rings. The van der Waals surface area contributed by atoms with Gasteiger partial charge in [-0.15, -0.1) is 0 Å². The Labute approximate surface area is 75.0 Å². The summed E-state index contributed by atoms with van der Waals surface area (Å²) in [6, 6.07) is 4.05. The Morgan fingerprint density at radius 3 is 2.85 bits per heavy atom. The highest BCUT2D eigenvalue weighted by Crippen LogP contribution is 2.28. The number of methoxy groups -OCH3 is 1. The van der Waals surface area contributed by atoms with Gasteiger partial charge in [0.25, 0.3) is 0 Å². The van der Waals surface area contributed by atoms with E-state index >= 15 is 0 Å². The predicted octanol–water partition coefficient (Wildman–Crippen LogP) is 1.61. The molecule has 0 aliphatic carbocycles. The first-order valence-corrected chi connectivity index (χ1v) is 3.61. The first-order chi connectivity index (χ1) is 6.19. The summed E-state index contributed by atoms with van der Waals surface area (Å²) in [5.74, 6) is -0.635. The number of halogens is 1. The minimum absolute atomic E-state index is 0.0661. The highest BCUT2D eigenvalue weighted by atomic mass is 19.1. The lowest BCUT2D eigenvalue weighted by atomic mass is 10.1. The van der Waals surface area contributed by atoms with Crippen LogP contribution in [0.5, 0.6) is 11.5 Å². The summed E-state index contributed by atoms with van der Waals surface area (Å²) in [6.07, 6.45) is -0.0661. The molecular formula is C9H8FNO2. The van der Waals surface area contributed by atoms with Crippen LogP contribution in [0.1, 0.15) is 5.56 Å². The fourth-order valence-corrected chi connectivity index (χ4v) is 0.971. The van der Waals surface area contributed by atoms with E-state index in [1.165, 1.54) is 13.2 Å². The molecule has 0 aliphatic rings. The predicted molar refractivity (Wildman–Crippen MR) is 43.9 cm³/mol. The molecule has 0 saturated carbocycles. The summed E-state index contributed by atoms with van der Waals surface area (Å²) in [6.45, 7) is 0. The lowest BCUT2D eigenvalue weighted by molar-refractivity contribution is 0.369. The Kier molecular flexibility index (Phi) is 2.70. The molecule has 0 spiro atoms. The minimum atomic E-state index is -0.545. The molecule has 1 N–H and O–H groups in total. The average Bonchev–Trinajstić information content (AvgIpc) is 2.11. The summed E-state index contributed by atoms with van der Waals surface area (Å²) in [7, 11) is 1.33. The van der Waals surface area contributed by atoms with Crippen LogP contribution in [0.4, 0.5) is 4.39 Å². The van der Waals surface area contributed by atoms with Crippen LogP contribution in [-0.4, -0.2) is 12.2 Å². The molecule has 1 rings (SSSR count). The van der Waals surface area contributed by atoms with Gasteiger partial charge in [0, 0.05) is 11.6 Å². The number of phenols is 1. The van der Waals surface area contributed by atoms with Crippen LogP contribution in [0.2, 0.25) is 0 Å². The van der Waals surface area contributed by atoms with Gasteiger partial charge in [0.1, 0.15) is 5.82 Å². The number of ether oxygens (including phenoxy) is 1. The van der Waals surface area contributed by atoms with E-state index in [0.29, 0.717) is 0 Å². The lowest BCUT2D eigenvalue weighted by Gasteiger charge is -2.05. The molecule has 0 saturated heterocycles. The van der Waals surface area contributed by atoms with E-state index in [1.807, 2.05) is 0 Å². The summed E-state index contributed by atoms with van der Waals surface area (Å²) in [5.41, 5.74) is 0.167. The summed E-state index contributed by atoms with van der Waals surface area (Å²) >= 11 is 0. The van der Waals surface area contributed by atoms with Crippen molar-refractivity contribution in [3.8, 4) is 17.6 Å². The van der Waals surface area contributed by atoms with Crippen LogP contribution in [0, 0.1) is 17.1 Å². The molecule has 0 fully saturated rings. The number of hydrogen-bond acceptors (Lipinski definition) is 3. The zero-order valence-corrected chi connectivity index (χ0v) is 7.04. The van der Waals surface area contributed by atoms with Crippen molar-refractivity contribution in [2.45, 2.75) is 6.42 Å². The maximum absolute atomic E-state index is 13.1. The van der Waals surface area contributed by atoms with Gasteiger partial charge in [-0.3, -0.25) is 0 Å². The van der Waals surface area contributed by atoms with Gasteiger partial charge in [-0.2, -0.15) is 5.26 Å². The van der Waals surface area contributed by atoms with Gasteiger partial charge in [-0.1, -0.05) is 0 Å². The third-order valence-corrected chi connectivity index (χ3v) is 1.62. The maximum atomic E-state index is 13.1. The molecule has 4 heteroatoms. The fourth-order valence-electron chi connectivity index (χ4n) is 0.971. The second kappa shape index (κ2) is 3.76. The lowest BCUT2D eigenvalue weighted by Crippen LogP contribution is -1.91. The molecule has 0 radical (unpaired) electrons. The van der Waals surface area contributed by atoms with E-state index in [2.05, 4.69) is 4.74 Å². The fraction of sp³-hybridized carbons (Fsp3) is 0.222. The van der Waals surface area contributed by atoms with Crippen LogP contribution < -0.4 is 4.74 Å². The van der Waals surface area contributed by atoms with Crippen LogP contribution in [-0.2, 0) is 6.42 Å². The van der Waals surface area contributed by atoms with Crippen molar-refractivity contribution >= 4 is 0 Å². The molecule has 0 heterocycles. The van der Waals surface area contributed by atoms with E-state index in [0.717, 1.165) is 6.07 Å². The molecule has 1 aromatic carbocycles. The highest BCUT2D eigenvalue weighted by Gasteiger charge is 2.08. The maximum Gasteiger partial charge on any atom is 0.163 e. The van der Waals surface area contributed by atoms with Gasteiger partial charge in [0.2, 0.25) is 0 Å². The third-order valence-electron chi connectivity index (χ3n) is 1.62. The first-order valence-electron chi connectivity index (χ1n) is 3.61. The molecule has 0 aliphatic heterocycles. The van der Waals surface area contributed by atoms with Crippen molar-refractivity contribution in [3.63, 3.8) is 0 Å². The van der Waals surface area contributed by atoms with E-state index in [4.69, 9.17) is 5.26 Å². The molecule has 0 amide bonds. The Morgan fingerprint density at radius 2 is 2.31 bits per heavy atom. The van der Waals surface area contributed by atoms with Gasteiger partial charge in [-0.25, -0.2) is 4.39 Å². The van der Waals surface area contributed by atoms with E-state index in [-0.39, 0.29) is 23.5 Å². The van der Waals surface area contributed by atoms with Crippen molar-refractivity contribution < 1.29 is 14.2 Å². The second-order valence-electron chi connectivity index (χ2n) is 2.45. The molecule has 68 valence electrons. The summed E-state index contributed by atoms with van der Waals surface area (Å²) < 4.78 is 17.7. The number of nitrogens with zero attached hydrogens (tertiary/aromatic N) is 1. The molecule has 0 aromatic heterocycles. The zero-order valence-electron chi connectivity index (χ0n) is 7.04.